The average Bonchev–Trinajstić information content (AvgIpc) is 2.87. The molecule has 28 heavy (non-hydrogen) atoms. The minimum atomic E-state index is 0. The van der Waals surface area contributed by atoms with E-state index < -0.39 is 0 Å². The standard InChI is InChI=1S/C18H16O.C2H6.CH3.6Y/c1-13-14(2)18(16-11-7-4-8-12-16)19-17(13)15-9-5-3-6-10-15;1-2;;;;;;;/h3-12H,1-2H3;1-2H3;1H3;;;;;;/q;;-1;;;;;;. The van der Waals surface area contributed by atoms with Crippen LogP contribution in [0.2, 0.25) is 0 Å². The zero-order valence-electron chi connectivity index (χ0n) is 17.6. The zero-order chi connectivity index (χ0) is 15.2. The van der Waals surface area contributed by atoms with E-state index in [-0.39, 0.29) is 204 Å². The fourth-order valence-electron chi connectivity index (χ4n) is 2.33. The van der Waals surface area contributed by atoms with Crippen molar-refractivity contribution >= 4 is 0 Å². The van der Waals surface area contributed by atoms with Crippen LogP contribution in [0.5, 0.6) is 0 Å². The van der Waals surface area contributed by atoms with Crippen LogP contribution < -0.4 is 0 Å². The van der Waals surface area contributed by atoms with E-state index in [1.54, 1.807) is 0 Å². The van der Waals surface area contributed by atoms with Gasteiger partial charge in [-0.1, -0.05) is 74.5 Å². The predicted molar refractivity (Wildman–Crippen MR) is 96.8 cm³/mol. The first kappa shape index (κ1) is 45.8. The van der Waals surface area contributed by atoms with E-state index in [1.807, 2.05) is 50.2 Å². The summed E-state index contributed by atoms with van der Waals surface area (Å²) in [6, 6.07) is 20.5. The second-order valence-electron chi connectivity index (χ2n) is 4.74. The number of furan rings is 1. The molecule has 6 radical (unpaired) electrons. The fourth-order valence-corrected chi connectivity index (χ4v) is 2.33. The molecule has 0 fully saturated rings. The average molecular weight is 827 g/mol. The van der Waals surface area contributed by atoms with Crippen LogP contribution in [0.4, 0.5) is 0 Å². The van der Waals surface area contributed by atoms with Crippen molar-refractivity contribution in [3.63, 3.8) is 0 Å². The quantitative estimate of drug-likeness (QED) is 0.263. The third-order valence-electron chi connectivity index (χ3n) is 3.52. The van der Waals surface area contributed by atoms with E-state index in [9.17, 15) is 0 Å². The molecule has 0 aliphatic carbocycles. The molecule has 3 rings (SSSR count). The van der Waals surface area contributed by atoms with Gasteiger partial charge in [-0.05, 0) is 25.0 Å². The molecule has 1 aromatic heterocycles. The van der Waals surface area contributed by atoms with Crippen molar-refractivity contribution in [1.29, 1.82) is 0 Å². The summed E-state index contributed by atoms with van der Waals surface area (Å²) in [6.07, 6.45) is 0. The van der Waals surface area contributed by atoms with Gasteiger partial charge < -0.3 is 11.8 Å². The van der Waals surface area contributed by atoms with Crippen LogP contribution in [0.3, 0.4) is 0 Å². The van der Waals surface area contributed by atoms with Crippen molar-refractivity contribution < 1.29 is 201 Å². The van der Waals surface area contributed by atoms with E-state index in [4.69, 9.17) is 4.42 Å². The summed E-state index contributed by atoms with van der Waals surface area (Å²) >= 11 is 0. The first-order chi connectivity index (χ1) is 10.3. The summed E-state index contributed by atoms with van der Waals surface area (Å²) in [7, 11) is 0. The van der Waals surface area contributed by atoms with E-state index in [0.717, 1.165) is 22.6 Å². The first-order valence-corrected chi connectivity index (χ1v) is 7.48. The molecule has 0 aliphatic heterocycles. The summed E-state index contributed by atoms with van der Waals surface area (Å²) < 4.78 is 6.12. The van der Waals surface area contributed by atoms with Gasteiger partial charge in [0.2, 0.25) is 0 Å². The molecule has 134 valence electrons. The minimum Gasteiger partial charge on any atom is -0.456 e. The minimum absolute atomic E-state index is 0. The second-order valence-corrected chi connectivity index (χ2v) is 4.74. The maximum Gasteiger partial charge on any atom is 0.137 e. The molecular weight excluding hydrogens is 802 g/mol. The molecule has 0 aliphatic rings. The van der Waals surface area contributed by atoms with Crippen LogP contribution in [-0.2, 0) is 196 Å². The van der Waals surface area contributed by atoms with Gasteiger partial charge in [0.25, 0.3) is 0 Å². The Morgan fingerprint density at radius 3 is 1.00 bits per heavy atom. The zero-order valence-corrected chi connectivity index (χ0v) is 34.7. The van der Waals surface area contributed by atoms with Gasteiger partial charge in [-0.3, -0.25) is 0 Å². The molecule has 0 saturated heterocycles. The Hall–Kier alpha value is 4.34. The Morgan fingerprint density at radius 1 is 0.500 bits per heavy atom. The summed E-state index contributed by atoms with van der Waals surface area (Å²) in [6.45, 7) is 8.24. The molecule has 0 N–H and O–H groups in total. The molecule has 7 heteroatoms. The molecular formula is C21H25OY6-. The Bertz CT molecular complexity index is 640. The van der Waals surface area contributed by atoms with Gasteiger partial charge in [-0.15, -0.1) is 0 Å². The molecule has 1 nitrogen and oxygen atoms in total. The molecule has 0 bridgehead atoms. The van der Waals surface area contributed by atoms with Crippen LogP contribution in [0.25, 0.3) is 22.6 Å². The summed E-state index contributed by atoms with van der Waals surface area (Å²) in [5.41, 5.74) is 4.69. The van der Waals surface area contributed by atoms with Gasteiger partial charge in [0, 0.05) is 207 Å². The van der Waals surface area contributed by atoms with Gasteiger partial charge in [0.1, 0.15) is 11.5 Å². The number of benzene rings is 2. The predicted octanol–water partition coefficient (Wildman–Crippen LogP) is 6.69. The van der Waals surface area contributed by atoms with Crippen molar-refractivity contribution in [3.8, 4) is 22.6 Å². The normalized spacial score (nSPS) is 7.43. The molecule has 2 aromatic carbocycles. The maximum atomic E-state index is 6.12. The van der Waals surface area contributed by atoms with Gasteiger partial charge in [-0.2, -0.15) is 0 Å². The van der Waals surface area contributed by atoms with E-state index >= 15 is 0 Å². The molecule has 3 aromatic rings. The second kappa shape index (κ2) is 26.0. The topological polar surface area (TPSA) is 13.1 Å². The van der Waals surface area contributed by atoms with Gasteiger partial charge in [-0.25, -0.2) is 0 Å². The first-order valence-electron chi connectivity index (χ1n) is 7.48. The molecule has 1 heterocycles. The maximum absolute atomic E-state index is 6.12. The van der Waals surface area contributed by atoms with Crippen molar-refractivity contribution in [2.24, 2.45) is 0 Å². The van der Waals surface area contributed by atoms with Crippen molar-refractivity contribution in [1.82, 2.24) is 0 Å². The third kappa shape index (κ3) is 13.3. The Morgan fingerprint density at radius 2 is 0.750 bits per heavy atom. The Balaban J connectivity index is -0.000000130. The van der Waals surface area contributed by atoms with Crippen LogP contribution in [-0.4, -0.2) is 0 Å². The third-order valence-corrected chi connectivity index (χ3v) is 3.52. The van der Waals surface area contributed by atoms with E-state index in [0.29, 0.717) is 0 Å². The number of hydrogen-bond donors (Lipinski definition) is 0. The summed E-state index contributed by atoms with van der Waals surface area (Å²) in [5.74, 6) is 1.94. The van der Waals surface area contributed by atoms with Gasteiger partial charge in [0.05, 0.1) is 0 Å². The SMILES string of the molecule is CC.Cc1c(-c2ccccc2)oc(-c2ccccc2)c1C.[CH3-].[Y].[Y].[Y].[Y].[Y].[Y]. The number of hydrogen-bond acceptors (Lipinski definition) is 1. The van der Waals surface area contributed by atoms with Crippen LogP contribution in [0.1, 0.15) is 25.0 Å². The molecule has 0 atom stereocenters. The monoisotopic (exact) mass is 827 g/mol. The van der Waals surface area contributed by atoms with Crippen molar-refractivity contribution in [2.45, 2.75) is 27.7 Å². The summed E-state index contributed by atoms with van der Waals surface area (Å²) in [5, 5.41) is 0. The van der Waals surface area contributed by atoms with Gasteiger partial charge >= 0.3 is 0 Å². The van der Waals surface area contributed by atoms with Gasteiger partial charge in [0.15, 0.2) is 0 Å². The Kier molecular flexibility index (Phi) is 42.4. The van der Waals surface area contributed by atoms with E-state index in [2.05, 4.69) is 38.1 Å². The fraction of sp³-hybridized carbons (Fsp3) is 0.190. The molecule has 0 saturated carbocycles. The van der Waals surface area contributed by atoms with Crippen LogP contribution >= 0.6 is 0 Å². The van der Waals surface area contributed by atoms with Crippen molar-refractivity contribution in [3.05, 3.63) is 79.2 Å². The molecule has 0 amide bonds. The largest absolute Gasteiger partial charge is 0.456 e. The Labute approximate surface area is 322 Å². The summed E-state index contributed by atoms with van der Waals surface area (Å²) in [4.78, 5) is 0. The van der Waals surface area contributed by atoms with Crippen molar-refractivity contribution in [2.75, 3.05) is 0 Å². The van der Waals surface area contributed by atoms with E-state index in [1.165, 1.54) is 11.1 Å². The van der Waals surface area contributed by atoms with Crippen LogP contribution in [0.15, 0.2) is 65.1 Å². The van der Waals surface area contributed by atoms with Crippen LogP contribution in [0, 0.1) is 21.3 Å². The smallest absolute Gasteiger partial charge is 0.137 e. The molecule has 0 spiro atoms. The molecule has 0 unspecified atom stereocenters. The number of rotatable bonds is 2.